The number of aromatic amines is 6. The maximum Gasteiger partial charge on any atom is 0.0910 e. The van der Waals surface area contributed by atoms with Gasteiger partial charge < -0.3 is 19.9 Å². The summed E-state index contributed by atoms with van der Waals surface area (Å²) in [4.78, 5) is 36.2. The van der Waals surface area contributed by atoms with Crippen LogP contribution in [0.2, 0.25) is 0 Å². The maximum absolute atomic E-state index is 5.27. The molecule has 12 bridgehead atoms. The second-order valence-corrected chi connectivity index (χ2v) is 17.1. The Morgan fingerprint density at radius 2 is 0.609 bits per heavy atom. The van der Waals surface area contributed by atoms with E-state index in [-0.39, 0.29) is 0 Å². The number of rotatable bonds is 8. The highest BCUT2D eigenvalue weighted by Crippen LogP contribution is 2.41. The average molecular weight is 855 g/mol. The van der Waals surface area contributed by atoms with E-state index >= 15 is 0 Å². The predicted octanol–water partition coefficient (Wildman–Crippen LogP) is 10.9. The molecule has 0 spiro atoms. The fourth-order valence-electron chi connectivity index (χ4n) is 10.4. The smallest absolute Gasteiger partial charge is 0.0910 e. The molecule has 0 saturated heterocycles. The van der Waals surface area contributed by atoms with Crippen molar-refractivity contribution in [1.29, 1.82) is 0 Å². The van der Waals surface area contributed by atoms with Crippen molar-refractivity contribution in [2.75, 3.05) is 0 Å². The monoisotopic (exact) mass is 855 g/mol. The minimum atomic E-state index is 0.710. The van der Waals surface area contributed by atoms with Gasteiger partial charge in [0.2, 0.25) is 0 Å². The Labute approximate surface area is 376 Å². The summed E-state index contributed by atoms with van der Waals surface area (Å²) in [6.07, 6.45) is 18.0. The van der Waals surface area contributed by atoms with Gasteiger partial charge in [-0.3, -0.25) is 30.2 Å². The Morgan fingerprint density at radius 1 is 0.344 bits per heavy atom. The van der Waals surface area contributed by atoms with Crippen LogP contribution in [-0.2, 0) is 77.0 Å². The number of hydrogen-bond donors (Lipinski definition) is 6. The van der Waals surface area contributed by atoms with Crippen molar-refractivity contribution in [1.82, 2.24) is 40.3 Å². The molecule has 12 heteroatoms. The number of aromatic nitrogens is 8. The molecule has 7 aromatic rings. The van der Waals surface area contributed by atoms with E-state index in [9.17, 15) is 0 Å². The van der Waals surface area contributed by atoms with Crippen molar-refractivity contribution >= 4 is 47.6 Å². The summed E-state index contributed by atoms with van der Waals surface area (Å²) in [5, 5.41) is 16.2. The van der Waals surface area contributed by atoms with Crippen LogP contribution in [0.3, 0.4) is 0 Å². The Bertz CT molecular complexity index is 2550. The highest BCUT2D eigenvalue weighted by Gasteiger charge is 2.22. The Kier molecular flexibility index (Phi) is 12.2. The van der Waals surface area contributed by atoms with Crippen LogP contribution < -0.4 is 0 Å². The normalized spacial score (nSPS) is 13.6. The molecule has 0 atom stereocenters. The van der Waals surface area contributed by atoms with E-state index in [1.54, 1.807) is 0 Å². The van der Waals surface area contributed by atoms with Crippen molar-refractivity contribution in [2.24, 2.45) is 20.0 Å². The number of hydrogen-bond acceptors (Lipinski definition) is 6. The van der Waals surface area contributed by atoms with Crippen LogP contribution in [0.5, 0.6) is 0 Å². The first-order valence-corrected chi connectivity index (χ1v) is 23.6. The van der Waals surface area contributed by atoms with E-state index in [1.807, 2.05) is 24.9 Å². The molecule has 2 aliphatic heterocycles. The van der Waals surface area contributed by atoms with Crippen LogP contribution in [0.15, 0.2) is 44.2 Å². The number of nitrogens with one attached hydrogen (secondary N) is 6. The van der Waals surface area contributed by atoms with E-state index < -0.39 is 0 Å². The summed E-state index contributed by atoms with van der Waals surface area (Å²) in [5.74, 6) is 0. The SMILES string of the molecule is CCc1c2[nH]c(c1CC)Cc1cc([nH]n1)Cc1[nH]c(c(CC)c1CC)C=Nc1cc3c(cc1N=C2)N=Cc1[nH]c(c(CC)c1CC)Cc1cc(n[nH]1)Cc1[nH]c(c(CC)c1CC)C=N3. The van der Waals surface area contributed by atoms with E-state index in [0.717, 1.165) is 110 Å². The fourth-order valence-corrected chi connectivity index (χ4v) is 10.4. The molecule has 0 radical (unpaired) electrons. The third-order valence-corrected chi connectivity index (χ3v) is 13.4. The van der Waals surface area contributed by atoms with Crippen molar-refractivity contribution in [3.05, 3.63) is 137 Å². The molecule has 0 amide bonds. The molecule has 6 aromatic heterocycles. The minimum absolute atomic E-state index is 0.710. The quantitative estimate of drug-likeness (QED) is 0.0895. The van der Waals surface area contributed by atoms with E-state index in [4.69, 9.17) is 30.2 Å². The van der Waals surface area contributed by atoms with E-state index in [0.29, 0.717) is 35.6 Å². The van der Waals surface area contributed by atoms with Crippen LogP contribution in [0, 0.1) is 0 Å². The number of nitrogens with zero attached hydrogens (tertiary/aromatic N) is 6. The van der Waals surface area contributed by atoms with Gasteiger partial charge in [-0.2, -0.15) is 10.2 Å². The van der Waals surface area contributed by atoms with Crippen LogP contribution >= 0.6 is 0 Å². The molecule has 2 aliphatic rings. The van der Waals surface area contributed by atoms with Crippen molar-refractivity contribution in [2.45, 2.75) is 132 Å². The molecule has 0 aliphatic carbocycles. The standard InChI is InChI=1S/C52H62N12/c1-9-33-37(13-5)49-25-53-45-23-47-48(24-46(45)54-26-50-38(14-6)34(10-2)42(58-50)20-30-17-29(61-62-30)19-41(33)57-49)56-28-52-40(16-8)36(12-4)44(60-52)22-32-18-31(63-64-32)21-43-35(11-3)39(15-7)51(59-43)27-55-47/h17-18,23-28,57-60H,9-16,19-22H2,1-8H3,(H,61,62)(H,63,64). The van der Waals surface area contributed by atoms with Gasteiger partial charge in [0, 0.05) is 59.8 Å². The molecule has 64 heavy (non-hydrogen) atoms. The van der Waals surface area contributed by atoms with Crippen molar-refractivity contribution in [3.8, 4) is 0 Å². The molecule has 0 unspecified atom stereocenters. The van der Waals surface area contributed by atoms with Gasteiger partial charge in [-0.25, -0.2) is 0 Å². The zero-order valence-electron chi connectivity index (χ0n) is 38.8. The van der Waals surface area contributed by atoms with E-state index in [2.05, 4.69) is 110 Å². The molecule has 1 aromatic carbocycles. The van der Waals surface area contributed by atoms with Crippen LogP contribution in [0.4, 0.5) is 22.7 Å². The first-order chi connectivity index (χ1) is 31.3. The van der Waals surface area contributed by atoms with Gasteiger partial charge in [0.1, 0.15) is 0 Å². The molecule has 0 fully saturated rings. The summed E-state index contributed by atoms with van der Waals surface area (Å²) in [5.41, 5.74) is 26.3. The zero-order chi connectivity index (χ0) is 44.5. The third kappa shape index (κ3) is 7.99. The predicted molar refractivity (Wildman–Crippen MR) is 262 cm³/mol. The molecular formula is C52H62N12. The topological polar surface area (TPSA) is 170 Å². The number of H-pyrrole nitrogens is 6. The summed E-state index contributed by atoms with van der Waals surface area (Å²) >= 11 is 0. The van der Waals surface area contributed by atoms with Gasteiger partial charge >= 0.3 is 0 Å². The molecule has 330 valence electrons. The Morgan fingerprint density at radius 3 is 0.875 bits per heavy atom. The molecule has 9 rings (SSSR count). The molecule has 12 nitrogen and oxygen atoms in total. The third-order valence-electron chi connectivity index (χ3n) is 13.4. The largest absolute Gasteiger partial charge is 0.357 e. The van der Waals surface area contributed by atoms with Gasteiger partial charge in [0.25, 0.3) is 0 Å². The second-order valence-electron chi connectivity index (χ2n) is 17.1. The lowest BCUT2D eigenvalue weighted by molar-refractivity contribution is 0.921. The van der Waals surface area contributed by atoms with Gasteiger partial charge in [-0.05, 0) is 120 Å². The summed E-state index contributed by atoms with van der Waals surface area (Å²) in [6.45, 7) is 17.8. The molecular weight excluding hydrogens is 793 g/mol. The molecule has 8 heterocycles. The van der Waals surface area contributed by atoms with E-state index in [1.165, 1.54) is 67.3 Å². The average Bonchev–Trinajstić information content (AvgIpc) is 4.17. The van der Waals surface area contributed by atoms with Crippen LogP contribution in [0.25, 0.3) is 0 Å². The van der Waals surface area contributed by atoms with Crippen molar-refractivity contribution < 1.29 is 0 Å². The van der Waals surface area contributed by atoms with Gasteiger partial charge in [-0.1, -0.05) is 55.4 Å². The highest BCUT2D eigenvalue weighted by molar-refractivity contribution is 5.93. The van der Waals surface area contributed by atoms with Crippen LogP contribution in [0.1, 0.15) is 168 Å². The van der Waals surface area contributed by atoms with Crippen LogP contribution in [-0.4, -0.2) is 65.2 Å². The van der Waals surface area contributed by atoms with Crippen molar-refractivity contribution in [3.63, 3.8) is 0 Å². The number of benzene rings is 1. The molecule has 6 N–H and O–H groups in total. The first-order valence-electron chi connectivity index (χ1n) is 23.6. The van der Waals surface area contributed by atoms with Gasteiger partial charge in [0.15, 0.2) is 0 Å². The molecule has 0 saturated carbocycles. The summed E-state index contributed by atoms with van der Waals surface area (Å²) < 4.78 is 0. The first kappa shape index (κ1) is 42.7. The lowest BCUT2D eigenvalue weighted by Gasteiger charge is -2.08. The number of aliphatic imine (C=N–C) groups is 4. The minimum Gasteiger partial charge on any atom is -0.357 e. The van der Waals surface area contributed by atoms with Gasteiger partial charge in [0.05, 0.1) is 81.8 Å². The Balaban J connectivity index is 1.27. The second kappa shape index (κ2) is 18.3. The number of fused-ring (bicyclic) bond motifs is 14. The summed E-state index contributed by atoms with van der Waals surface area (Å²) in [6, 6.07) is 8.52. The highest BCUT2D eigenvalue weighted by atomic mass is 15.1. The zero-order valence-corrected chi connectivity index (χ0v) is 38.8. The summed E-state index contributed by atoms with van der Waals surface area (Å²) in [7, 11) is 0. The maximum atomic E-state index is 5.27. The fraction of sp³-hybridized carbons (Fsp3) is 0.385. The lowest BCUT2D eigenvalue weighted by atomic mass is 10.0. The Hall–Kier alpha value is -6.56. The van der Waals surface area contributed by atoms with Gasteiger partial charge in [-0.15, -0.1) is 0 Å². The lowest BCUT2D eigenvalue weighted by Crippen LogP contribution is -1.95.